The van der Waals surface area contributed by atoms with Crippen LogP contribution >= 0.6 is 0 Å². The summed E-state index contributed by atoms with van der Waals surface area (Å²) < 4.78 is 5.22. The number of hydrogen-bond acceptors (Lipinski definition) is 3. The van der Waals surface area contributed by atoms with Crippen LogP contribution in [0.25, 0.3) is 0 Å². The SMILES string of the molecule is O=C(NC1CC2CCC1N2)OCc1ccccc1. The first kappa shape index (κ1) is 11.5. The number of amides is 1. The number of hydrogen-bond donors (Lipinski definition) is 2. The van der Waals surface area contributed by atoms with E-state index in [0.717, 1.165) is 18.4 Å². The lowest BCUT2D eigenvalue weighted by Crippen LogP contribution is -2.43. The second kappa shape index (κ2) is 4.98. The summed E-state index contributed by atoms with van der Waals surface area (Å²) in [6.45, 7) is 0.334. The molecule has 2 saturated heterocycles. The molecule has 0 radical (unpaired) electrons. The monoisotopic (exact) mass is 246 g/mol. The fourth-order valence-corrected chi connectivity index (χ4v) is 2.90. The maximum atomic E-state index is 11.7. The summed E-state index contributed by atoms with van der Waals surface area (Å²) in [5, 5.41) is 6.44. The van der Waals surface area contributed by atoms with Crippen molar-refractivity contribution < 1.29 is 9.53 Å². The van der Waals surface area contributed by atoms with Crippen molar-refractivity contribution in [3.63, 3.8) is 0 Å². The minimum atomic E-state index is -0.307. The van der Waals surface area contributed by atoms with Gasteiger partial charge in [0.1, 0.15) is 6.61 Å². The molecule has 4 nitrogen and oxygen atoms in total. The first-order valence-electron chi connectivity index (χ1n) is 6.54. The molecule has 2 aliphatic rings. The Kier molecular flexibility index (Phi) is 3.19. The second-order valence-electron chi connectivity index (χ2n) is 5.10. The molecule has 3 rings (SSSR count). The third kappa shape index (κ3) is 2.48. The van der Waals surface area contributed by atoms with Gasteiger partial charge in [0.25, 0.3) is 0 Å². The number of benzene rings is 1. The van der Waals surface area contributed by atoms with Crippen molar-refractivity contribution in [3.8, 4) is 0 Å². The summed E-state index contributed by atoms with van der Waals surface area (Å²) in [6.07, 6.45) is 3.12. The molecule has 1 aromatic rings. The van der Waals surface area contributed by atoms with Gasteiger partial charge < -0.3 is 15.4 Å². The Morgan fingerprint density at radius 1 is 1.33 bits per heavy atom. The van der Waals surface area contributed by atoms with Crippen molar-refractivity contribution >= 4 is 6.09 Å². The lowest BCUT2D eigenvalue weighted by Gasteiger charge is -2.21. The molecule has 96 valence electrons. The standard InChI is InChI=1S/C14H18N2O2/c17-14(18-9-10-4-2-1-3-5-10)16-13-8-11-6-7-12(13)15-11/h1-5,11-13,15H,6-9H2,(H,16,17). The summed E-state index contributed by atoms with van der Waals surface area (Å²) in [5.74, 6) is 0. The van der Waals surface area contributed by atoms with E-state index in [9.17, 15) is 4.79 Å². The summed E-state index contributed by atoms with van der Waals surface area (Å²) in [4.78, 5) is 11.7. The molecule has 3 unspecified atom stereocenters. The van der Waals surface area contributed by atoms with Crippen LogP contribution in [0.1, 0.15) is 24.8 Å². The number of fused-ring (bicyclic) bond motifs is 2. The van der Waals surface area contributed by atoms with Crippen LogP contribution in [0.4, 0.5) is 4.79 Å². The van der Waals surface area contributed by atoms with Crippen LogP contribution in [0.3, 0.4) is 0 Å². The molecule has 2 aliphatic heterocycles. The highest BCUT2D eigenvalue weighted by Crippen LogP contribution is 2.28. The average molecular weight is 246 g/mol. The number of nitrogens with one attached hydrogen (secondary N) is 2. The Labute approximate surface area is 107 Å². The van der Waals surface area contributed by atoms with Crippen LogP contribution in [0.15, 0.2) is 30.3 Å². The van der Waals surface area contributed by atoms with E-state index in [0.29, 0.717) is 18.7 Å². The fourth-order valence-electron chi connectivity index (χ4n) is 2.90. The van der Waals surface area contributed by atoms with Gasteiger partial charge in [-0.1, -0.05) is 30.3 Å². The quantitative estimate of drug-likeness (QED) is 0.855. The van der Waals surface area contributed by atoms with Gasteiger partial charge in [0.2, 0.25) is 0 Å². The molecular weight excluding hydrogens is 228 g/mol. The van der Waals surface area contributed by atoms with Gasteiger partial charge in [-0.25, -0.2) is 4.79 Å². The smallest absolute Gasteiger partial charge is 0.407 e. The van der Waals surface area contributed by atoms with Crippen LogP contribution in [-0.2, 0) is 11.3 Å². The Morgan fingerprint density at radius 3 is 2.83 bits per heavy atom. The van der Waals surface area contributed by atoms with E-state index in [2.05, 4.69) is 10.6 Å². The Bertz CT molecular complexity index is 421. The molecule has 0 saturated carbocycles. The number of ether oxygens (including phenoxy) is 1. The van der Waals surface area contributed by atoms with E-state index in [1.54, 1.807) is 0 Å². The van der Waals surface area contributed by atoms with E-state index in [1.165, 1.54) is 6.42 Å². The van der Waals surface area contributed by atoms with E-state index in [1.807, 2.05) is 30.3 Å². The minimum absolute atomic E-state index is 0.243. The van der Waals surface area contributed by atoms with Gasteiger partial charge in [0.05, 0.1) is 0 Å². The molecule has 2 heterocycles. The maximum Gasteiger partial charge on any atom is 0.407 e. The maximum absolute atomic E-state index is 11.7. The summed E-state index contributed by atoms with van der Waals surface area (Å²) in [7, 11) is 0. The van der Waals surface area contributed by atoms with Crippen molar-refractivity contribution in [1.29, 1.82) is 0 Å². The first-order valence-corrected chi connectivity index (χ1v) is 6.54. The summed E-state index contributed by atoms with van der Waals surface area (Å²) >= 11 is 0. The molecule has 2 bridgehead atoms. The predicted molar refractivity (Wildman–Crippen MR) is 68.1 cm³/mol. The largest absolute Gasteiger partial charge is 0.445 e. The Hall–Kier alpha value is -1.55. The van der Waals surface area contributed by atoms with Crippen LogP contribution in [0.2, 0.25) is 0 Å². The number of rotatable bonds is 3. The van der Waals surface area contributed by atoms with Crippen LogP contribution in [0.5, 0.6) is 0 Å². The summed E-state index contributed by atoms with van der Waals surface area (Å²) in [6, 6.07) is 11.0. The molecule has 1 aromatic carbocycles. The van der Waals surface area contributed by atoms with Crippen LogP contribution in [0, 0.1) is 0 Å². The third-order valence-electron chi connectivity index (χ3n) is 3.82. The highest BCUT2D eigenvalue weighted by Gasteiger charge is 2.39. The van der Waals surface area contributed by atoms with E-state index < -0.39 is 0 Å². The highest BCUT2D eigenvalue weighted by molar-refractivity contribution is 5.67. The van der Waals surface area contributed by atoms with Crippen molar-refractivity contribution in [2.24, 2.45) is 0 Å². The Balaban J connectivity index is 1.45. The second-order valence-corrected chi connectivity index (χ2v) is 5.10. The van der Waals surface area contributed by atoms with Crippen molar-refractivity contribution in [2.45, 2.75) is 44.0 Å². The highest BCUT2D eigenvalue weighted by atomic mass is 16.5. The molecule has 0 aromatic heterocycles. The van der Waals surface area contributed by atoms with Gasteiger partial charge >= 0.3 is 6.09 Å². The van der Waals surface area contributed by atoms with Gasteiger partial charge in [-0.3, -0.25) is 0 Å². The zero-order valence-electron chi connectivity index (χ0n) is 10.3. The topological polar surface area (TPSA) is 50.4 Å². The van der Waals surface area contributed by atoms with Crippen molar-refractivity contribution in [1.82, 2.24) is 10.6 Å². The average Bonchev–Trinajstić information content (AvgIpc) is 3.00. The van der Waals surface area contributed by atoms with E-state index >= 15 is 0 Å². The number of carbonyl (C=O) groups excluding carboxylic acids is 1. The van der Waals surface area contributed by atoms with Crippen molar-refractivity contribution in [2.75, 3.05) is 0 Å². The van der Waals surface area contributed by atoms with Crippen LogP contribution in [-0.4, -0.2) is 24.2 Å². The minimum Gasteiger partial charge on any atom is -0.445 e. The third-order valence-corrected chi connectivity index (χ3v) is 3.82. The van der Waals surface area contributed by atoms with Gasteiger partial charge in [-0.2, -0.15) is 0 Å². The molecule has 18 heavy (non-hydrogen) atoms. The van der Waals surface area contributed by atoms with E-state index in [4.69, 9.17) is 4.74 Å². The molecule has 2 fully saturated rings. The molecule has 0 aliphatic carbocycles. The van der Waals surface area contributed by atoms with Gasteiger partial charge in [-0.15, -0.1) is 0 Å². The lowest BCUT2D eigenvalue weighted by molar-refractivity contribution is 0.134. The predicted octanol–water partition coefficient (Wildman–Crippen LogP) is 1.81. The first-order chi connectivity index (χ1) is 8.81. The van der Waals surface area contributed by atoms with Gasteiger partial charge in [0, 0.05) is 18.1 Å². The lowest BCUT2D eigenvalue weighted by atomic mass is 9.96. The molecule has 2 N–H and O–H groups in total. The van der Waals surface area contributed by atoms with E-state index in [-0.39, 0.29) is 12.1 Å². The number of alkyl carbamates (subject to hydrolysis) is 1. The number of carbonyl (C=O) groups is 1. The molecule has 0 spiro atoms. The molecule has 3 atom stereocenters. The normalized spacial score (nSPS) is 29.2. The van der Waals surface area contributed by atoms with Gasteiger partial charge in [0.15, 0.2) is 0 Å². The Morgan fingerprint density at radius 2 is 2.17 bits per heavy atom. The van der Waals surface area contributed by atoms with Crippen LogP contribution < -0.4 is 10.6 Å². The summed E-state index contributed by atoms with van der Waals surface area (Å²) in [5.41, 5.74) is 1.01. The zero-order chi connectivity index (χ0) is 12.4. The molecular formula is C14H18N2O2. The molecule has 1 amide bonds. The van der Waals surface area contributed by atoms with Gasteiger partial charge in [-0.05, 0) is 24.8 Å². The van der Waals surface area contributed by atoms with Crippen molar-refractivity contribution in [3.05, 3.63) is 35.9 Å². The zero-order valence-corrected chi connectivity index (χ0v) is 10.3. The molecule has 4 heteroatoms. The fraction of sp³-hybridized carbons (Fsp3) is 0.500.